The average Bonchev–Trinajstić information content (AvgIpc) is 3.08. The summed E-state index contributed by atoms with van der Waals surface area (Å²) < 4.78 is 21.4. The smallest absolute Gasteiger partial charge is 0.407 e. The van der Waals surface area contributed by atoms with Crippen LogP contribution in [0.15, 0.2) is 12.2 Å². The summed E-state index contributed by atoms with van der Waals surface area (Å²) in [6, 6.07) is 0. The number of rotatable bonds is 14. The second-order valence-corrected chi connectivity index (χ2v) is 7.57. The van der Waals surface area contributed by atoms with Crippen molar-refractivity contribution in [3.8, 4) is 0 Å². The first-order valence-corrected chi connectivity index (χ1v) is 11.5. The van der Waals surface area contributed by atoms with Crippen LogP contribution in [0.2, 0.25) is 0 Å². The first-order chi connectivity index (χ1) is 16.1. The van der Waals surface area contributed by atoms with Crippen molar-refractivity contribution in [2.24, 2.45) is 0 Å². The summed E-state index contributed by atoms with van der Waals surface area (Å²) in [5.74, 6) is -1.72. The van der Waals surface area contributed by atoms with Gasteiger partial charge >= 0.3 is 12.1 Å². The number of carbonyl (C=O) groups excluding carboxylic acids is 4. The van der Waals surface area contributed by atoms with Crippen LogP contribution in [0.5, 0.6) is 0 Å². The van der Waals surface area contributed by atoms with E-state index in [4.69, 9.17) is 23.8 Å². The van der Waals surface area contributed by atoms with Crippen molar-refractivity contribution in [3.05, 3.63) is 12.2 Å². The van der Waals surface area contributed by atoms with Crippen molar-refractivity contribution in [2.45, 2.75) is 57.5 Å². The lowest BCUT2D eigenvalue weighted by atomic mass is 10.0. The molecule has 0 bridgehead atoms. The maximum absolute atomic E-state index is 11.8. The van der Waals surface area contributed by atoms with Crippen LogP contribution in [0.1, 0.15) is 51.4 Å². The van der Waals surface area contributed by atoms with Crippen LogP contribution in [0, 0.1) is 0 Å². The number of hydrogen-bond donors (Lipinski definition) is 1. The Kier molecular flexibility index (Phi) is 13.1. The van der Waals surface area contributed by atoms with Gasteiger partial charge in [-0.3, -0.25) is 9.59 Å². The maximum Gasteiger partial charge on any atom is 0.407 e. The number of nitrogens with one attached hydrogen (secondary N) is 1. The van der Waals surface area contributed by atoms with Gasteiger partial charge in [0.25, 0.3) is 11.8 Å². The van der Waals surface area contributed by atoms with Crippen LogP contribution in [0.4, 0.5) is 4.79 Å². The molecule has 1 aliphatic carbocycles. The van der Waals surface area contributed by atoms with E-state index >= 15 is 0 Å². The van der Waals surface area contributed by atoms with Gasteiger partial charge in [0.2, 0.25) is 0 Å². The Hall–Kier alpha value is -2.50. The van der Waals surface area contributed by atoms with Gasteiger partial charge < -0.3 is 29.1 Å². The third kappa shape index (κ3) is 11.8. The molecule has 0 aromatic carbocycles. The summed E-state index contributed by atoms with van der Waals surface area (Å²) in [6.45, 7) is 2.14. The van der Waals surface area contributed by atoms with E-state index in [0.29, 0.717) is 38.0 Å². The molecule has 2 aliphatic rings. The zero-order chi connectivity index (χ0) is 23.7. The van der Waals surface area contributed by atoms with E-state index in [1.54, 1.807) is 0 Å². The van der Waals surface area contributed by atoms with Crippen LogP contribution in [-0.2, 0) is 38.2 Å². The molecule has 2 rings (SSSR count). The molecule has 0 spiro atoms. The molecule has 11 nitrogen and oxygen atoms in total. The van der Waals surface area contributed by atoms with Crippen molar-refractivity contribution in [1.82, 2.24) is 10.4 Å². The molecule has 0 radical (unpaired) electrons. The van der Waals surface area contributed by atoms with Gasteiger partial charge in [0.05, 0.1) is 46.1 Å². The number of hydroxylamine groups is 2. The van der Waals surface area contributed by atoms with Crippen molar-refractivity contribution in [1.29, 1.82) is 0 Å². The van der Waals surface area contributed by atoms with Gasteiger partial charge in [0.15, 0.2) is 0 Å². The van der Waals surface area contributed by atoms with Gasteiger partial charge in [-0.1, -0.05) is 12.2 Å². The van der Waals surface area contributed by atoms with Gasteiger partial charge in [-0.05, 0) is 32.1 Å². The van der Waals surface area contributed by atoms with E-state index < -0.39 is 23.9 Å². The maximum atomic E-state index is 11.8. The molecule has 33 heavy (non-hydrogen) atoms. The molecule has 0 aromatic rings. The molecule has 1 unspecified atom stereocenters. The molecule has 11 heteroatoms. The topological polar surface area (TPSA) is 130 Å². The van der Waals surface area contributed by atoms with Crippen LogP contribution in [0.25, 0.3) is 0 Å². The Balaban J connectivity index is 1.34. The summed E-state index contributed by atoms with van der Waals surface area (Å²) in [4.78, 5) is 50.8. The molecular weight excluding hydrogens is 436 g/mol. The summed E-state index contributed by atoms with van der Waals surface area (Å²) in [5.41, 5.74) is 0. The summed E-state index contributed by atoms with van der Waals surface area (Å²) >= 11 is 0. The van der Waals surface area contributed by atoms with Crippen molar-refractivity contribution in [3.63, 3.8) is 0 Å². The summed E-state index contributed by atoms with van der Waals surface area (Å²) in [5, 5.41) is 3.20. The molecule has 0 aromatic heterocycles. The Labute approximate surface area is 193 Å². The monoisotopic (exact) mass is 470 g/mol. The van der Waals surface area contributed by atoms with Gasteiger partial charge in [-0.2, -0.15) is 0 Å². The van der Waals surface area contributed by atoms with Crippen molar-refractivity contribution in [2.75, 3.05) is 46.2 Å². The van der Waals surface area contributed by atoms with Crippen LogP contribution < -0.4 is 5.32 Å². The second kappa shape index (κ2) is 16.2. The SMILES string of the molecule is O=C(CCOCCOCCOCCNC(=O)OC1CC/C=C\CCC1)ON1C(=O)CCC1=O. The molecule has 0 saturated carbocycles. The normalized spacial score (nSPS) is 19.6. The fourth-order valence-electron chi connectivity index (χ4n) is 3.16. The van der Waals surface area contributed by atoms with E-state index in [9.17, 15) is 19.2 Å². The molecule has 1 atom stereocenters. The first kappa shape index (κ1) is 26.7. The molecule has 1 N–H and O–H groups in total. The molecule has 1 aliphatic heterocycles. The molecule has 1 heterocycles. The minimum atomic E-state index is -0.702. The van der Waals surface area contributed by atoms with Crippen molar-refractivity contribution >= 4 is 23.9 Å². The molecule has 1 saturated heterocycles. The van der Waals surface area contributed by atoms with E-state index in [2.05, 4.69) is 17.5 Å². The molecule has 3 amide bonds. The first-order valence-electron chi connectivity index (χ1n) is 11.5. The molecule has 186 valence electrons. The summed E-state index contributed by atoms with van der Waals surface area (Å²) in [6.07, 6.45) is 8.64. The highest BCUT2D eigenvalue weighted by Gasteiger charge is 2.32. The quantitative estimate of drug-likeness (QED) is 0.229. The molecular formula is C22H34N2O9. The molecule has 1 fully saturated rings. The second-order valence-electron chi connectivity index (χ2n) is 7.57. The van der Waals surface area contributed by atoms with Gasteiger partial charge in [-0.15, -0.1) is 5.06 Å². The Morgan fingerprint density at radius 3 is 2.24 bits per heavy atom. The lowest BCUT2D eigenvalue weighted by molar-refractivity contribution is -0.198. The lowest BCUT2D eigenvalue weighted by Gasteiger charge is -2.18. The van der Waals surface area contributed by atoms with Crippen LogP contribution in [0.3, 0.4) is 0 Å². The standard InChI is InChI=1S/C22H34N2O9/c25-19-8-9-20(26)24(19)33-21(27)10-12-29-14-16-31-17-15-30-13-11-23-22(28)32-18-6-4-2-1-3-5-7-18/h1-2,18H,3-17H2,(H,23,28)/b2-1-. The minimum absolute atomic E-state index is 0.0318. The zero-order valence-electron chi connectivity index (χ0n) is 19.0. The highest BCUT2D eigenvalue weighted by atomic mass is 16.7. The number of carbonyl (C=O) groups is 4. The van der Waals surface area contributed by atoms with Crippen molar-refractivity contribution < 1.29 is 43.0 Å². The predicted octanol–water partition coefficient (Wildman–Crippen LogP) is 1.65. The van der Waals surface area contributed by atoms with Gasteiger partial charge in [0.1, 0.15) is 6.10 Å². The Morgan fingerprint density at radius 1 is 0.879 bits per heavy atom. The number of allylic oxidation sites excluding steroid dienone is 2. The number of hydrogen-bond acceptors (Lipinski definition) is 9. The van der Waals surface area contributed by atoms with Crippen LogP contribution >= 0.6 is 0 Å². The number of amides is 3. The van der Waals surface area contributed by atoms with Gasteiger partial charge in [-0.25, -0.2) is 9.59 Å². The highest BCUT2D eigenvalue weighted by molar-refractivity contribution is 6.01. The van der Waals surface area contributed by atoms with E-state index in [-0.39, 0.29) is 38.6 Å². The Morgan fingerprint density at radius 2 is 1.52 bits per heavy atom. The average molecular weight is 471 g/mol. The predicted molar refractivity (Wildman–Crippen MR) is 115 cm³/mol. The third-order valence-corrected chi connectivity index (χ3v) is 4.90. The third-order valence-electron chi connectivity index (χ3n) is 4.90. The number of ether oxygens (including phenoxy) is 4. The minimum Gasteiger partial charge on any atom is -0.446 e. The Bertz CT molecular complexity index is 652. The number of alkyl carbamates (subject to hydrolysis) is 1. The van der Waals surface area contributed by atoms with E-state index in [1.807, 2.05) is 0 Å². The zero-order valence-corrected chi connectivity index (χ0v) is 19.0. The largest absolute Gasteiger partial charge is 0.446 e. The number of imide groups is 1. The van der Waals surface area contributed by atoms with E-state index in [1.165, 1.54) is 0 Å². The van der Waals surface area contributed by atoms with E-state index in [0.717, 1.165) is 32.1 Å². The fraction of sp³-hybridized carbons (Fsp3) is 0.727. The fourth-order valence-corrected chi connectivity index (χ4v) is 3.16. The highest BCUT2D eigenvalue weighted by Crippen LogP contribution is 2.15. The van der Waals surface area contributed by atoms with Crippen LogP contribution in [-0.4, -0.2) is 81.2 Å². The van der Waals surface area contributed by atoms with Gasteiger partial charge in [0, 0.05) is 19.4 Å². The number of nitrogens with zero attached hydrogens (tertiary/aromatic N) is 1. The lowest BCUT2D eigenvalue weighted by Crippen LogP contribution is -2.32. The summed E-state index contributed by atoms with van der Waals surface area (Å²) in [7, 11) is 0.